The smallest absolute Gasteiger partial charge is 0.318 e. The van der Waals surface area contributed by atoms with Crippen molar-refractivity contribution in [1.29, 1.82) is 0 Å². The van der Waals surface area contributed by atoms with E-state index in [1.54, 1.807) is 31.2 Å². The van der Waals surface area contributed by atoms with Crippen molar-refractivity contribution < 1.29 is 14.4 Å². The molecule has 0 spiro atoms. The maximum absolute atomic E-state index is 12.9. The molecule has 2 saturated heterocycles. The van der Waals surface area contributed by atoms with Crippen molar-refractivity contribution in [2.75, 3.05) is 39.3 Å². The fourth-order valence-electron chi connectivity index (χ4n) is 4.10. The van der Waals surface area contributed by atoms with Gasteiger partial charge >= 0.3 is 6.03 Å². The standard InChI is InChI=1S/C25H29N5O3/c1-25(21-12-6-3-7-13-21)23(32)30(24(33)26-25)27-22(31)19-29-17-15-28(16-18-29)14-8-11-20-9-4-2-5-10-20/h2-13H,14-19H2,1H3,(H,26,33)(H,27,31). The van der Waals surface area contributed by atoms with E-state index < -0.39 is 17.5 Å². The van der Waals surface area contributed by atoms with E-state index in [9.17, 15) is 14.4 Å². The number of benzene rings is 2. The Morgan fingerprint density at radius 2 is 1.58 bits per heavy atom. The van der Waals surface area contributed by atoms with E-state index >= 15 is 0 Å². The number of hydrogen-bond acceptors (Lipinski definition) is 5. The zero-order valence-electron chi connectivity index (χ0n) is 18.7. The molecule has 0 radical (unpaired) electrons. The molecule has 2 N–H and O–H groups in total. The lowest BCUT2D eigenvalue weighted by molar-refractivity contribution is -0.139. The maximum Gasteiger partial charge on any atom is 0.344 e. The van der Waals surface area contributed by atoms with Crippen molar-refractivity contribution in [1.82, 2.24) is 25.6 Å². The Labute approximate surface area is 193 Å². The second kappa shape index (κ2) is 9.97. The molecule has 4 rings (SSSR count). The number of piperazine rings is 1. The van der Waals surface area contributed by atoms with Crippen molar-refractivity contribution in [3.63, 3.8) is 0 Å². The van der Waals surface area contributed by atoms with Gasteiger partial charge in [-0.05, 0) is 18.1 Å². The number of imide groups is 1. The highest BCUT2D eigenvalue weighted by atomic mass is 16.2. The minimum Gasteiger partial charge on any atom is -0.318 e. The minimum absolute atomic E-state index is 0.132. The molecule has 0 bridgehead atoms. The maximum atomic E-state index is 12.9. The monoisotopic (exact) mass is 447 g/mol. The number of carbonyl (C=O) groups is 3. The molecule has 8 nitrogen and oxygen atoms in total. The number of rotatable bonds is 7. The third-order valence-electron chi connectivity index (χ3n) is 6.08. The van der Waals surface area contributed by atoms with Gasteiger partial charge in [0.15, 0.2) is 0 Å². The largest absolute Gasteiger partial charge is 0.344 e. The molecule has 8 heteroatoms. The van der Waals surface area contributed by atoms with Crippen LogP contribution < -0.4 is 10.7 Å². The quantitative estimate of drug-likeness (QED) is 0.633. The summed E-state index contributed by atoms with van der Waals surface area (Å²) >= 11 is 0. The topological polar surface area (TPSA) is 85.0 Å². The number of urea groups is 1. The van der Waals surface area contributed by atoms with Crippen LogP contribution in [0, 0.1) is 0 Å². The molecule has 1 unspecified atom stereocenters. The molecule has 0 aliphatic carbocycles. The van der Waals surface area contributed by atoms with Crippen molar-refractivity contribution in [3.05, 3.63) is 77.9 Å². The van der Waals surface area contributed by atoms with Crippen LogP contribution in [0.2, 0.25) is 0 Å². The average Bonchev–Trinajstić information content (AvgIpc) is 3.05. The summed E-state index contributed by atoms with van der Waals surface area (Å²) < 4.78 is 0. The summed E-state index contributed by atoms with van der Waals surface area (Å²) in [6.07, 6.45) is 4.26. The van der Waals surface area contributed by atoms with E-state index in [1.165, 1.54) is 5.56 Å². The third kappa shape index (κ3) is 5.30. The summed E-state index contributed by atoms with van der Waals surface area (Å²) in [5.74, 6) is -0.879. The Bertz CT molecular complexity index is 1020. The van der Waals surface area contributed by atoms with E-state index in [-0.39, 0.29) is 12.5 Å². The SMILES string of the molecule is CC1(c2ccccc2)NC(=O)N(NC(=O)CN2CCN(CC=Cc3ccccc3)CC2)C1=O. The van der Waals surface area contributed by atoms with Crippen LogP contribution in [0.1, 0.15) is 18.1 Å². The van der Waals surface area contributed by atoms with Gasteiger partial charge in [-0.2, -0.15) is 5.01 Å². The predicted molar refractivity (Wildman–Crippen MR) is 126 cm³/mol. The molecular weight excluding hydrogens is 418 g/mol. The fraction of sp³-hybridized carbons (Fsp3) is 0.320. The first kappa shape index (κ1) is 22.7. The lowest BCUT2D eigenvalue weighted by Crippen LogP contribution is -2.53. The number of hydrogen-bond donors (Lipinski definition) is 2. The molecule has 172 valence electrons. The molecule has 2 fully saturated rings. The Kier molecular flexibility index (Phi) is 6.86. The number of nitrogens with zero attached hydrogens (tertiary/aromatic N) is 3. The molecule has 0 saturated carbocycles. The van der Waals surface area contributed by atoms with Gasteiger partial charge in [0, 0.05) is 32.7 Å². The van der Waals surface area contributed by atoms with Crippen LogP contribution in [-0.4, -0.2) is 71.9 Å². The van der Waals surface area contributed by atoms with Crippen molar-refractivity contribution in [3.8, 4) is 0 Å². The van der Waals surface area contributed by atoms with Gasteiger partial charge in [0.2, 0.25) is 0 Å². The van der Waals surface area contributed by atoms with E-state index in [1.807, 2.05) is 29.2 Å². The van der Waals surface area contributed by atoms with Crippen LogP contribution in [0.15, 0.2) is 66.7 Å². The number of hydrazine groups is 1. The molecule has 2 aromatic carbocycles. The molecule has 2 heterocycles. The average molecular weight is 448 g/mol. The molecule has 2 aliphatic heterocycles. The Morgan fingerprint density at radius 3 is 2.24 bits per heavy atom. The molecular formula is C25H29N5O3. The lowest BCUT2D eigenvalue weighted by Gasteiger charge is -2.33. The summed E-state index contributed by atoms with van der Waals surface area (Å²) in [7, 11) is 0. The van der Waals surface area contributed by atoms with E-state index in [4.69, 9.17) is 0 Å². The van der Waals surface area contributed by atoms with Gasteiger partial charge in [0.1, 0.15) is 5.54 Å². The highest BCUT2D eigenvalue weighted by Gasteiger charge is 2.50. The highest BCUT2D eigenvalue weighted by molar-refractivity contribution is 6.08. The summed E-state index contributed by atoms with van der Waals surface area (Å²) in [6, 6.07) is 18.5. The number of carbonyl (C=O) groups excluding carboxylic acids is 3. The number of amides is 4. The van der Waals surface area contributed by atoms with Gasteiger partial charge < -0.3 is 5.32 Å². The van der Waals surface area contributed by atoms with Gasteiger partial charge in [-0.15, -0.1) is 0 Å². The van der Waals surface area contributed by atoms with E-state index in [2.05, 4.69) is 39.9 Å². The zero-order chi connectivity index (χ0) is 23.3. The summed E-state index contributed by atoms with van der Waals surface area (Å²) in [5, 5.41) is 3.48. The van der Waals surface area contributed by atoms with Crippen LogP contribution in [-0.2, 0) is 15.1 Å². The lowest BCUT2D eigenvalue weighted by atomic mass is 9.92. The summed E-state index contributed by atoms with van der Waals surface area (Å²) in [4.78, 5) is 42.2. The van der Waals surface area contributed by atoms with Gasteiger partial charge in [-0.1, -0.05) is 72.8 Å². The van der Waals surface area contributed by atoms with Crippen LogP contribution >= 0.6 is 0 Å². The molecule has 4 amide bonds. The first-order valence-corrected chi connectivity index (χ1v) is 11.1. The summed E-state index contributed by atoms with van der Waals surface area (Å²) in [6.45, 7) is 5.81. The minimum atomic E-state index is -1.20. The molecule has 0 aromatic heterocycles. The number of nitrogens with one attached hydrogen (secondary N) is 2. The van der Waals surface area contributed by atoms with Gasteiger partial charge in [-0.3, -0.25) is 24.8 Å². The van der Waals surface area contributed by atoms with Crippen molar-refractivity contribution >= 4 is 23.9 Å². The van der Waals surface area contributed by atoms with E-state index in [0.29, 0.717) is 5.56 Å². The van der Waals surface area contributed by atoms with Gasteiger partial charge in [0.25, 0.3) is 11.8 Å². The van der Waals surface area contributed by atoms with Crippen LogP contribution in [0.3, 0.4) is 0 Å². The third-order valence-corrected chi connectivity index (χ3v) is 6.08. The summed E-state index contributed by atoms with van der Waals surface area (Å²) in [5.41, 5.74) is 3.12. The van der Waals surface area contributed by atoms with Crippen molar-refractivity contribution in [2.24, 2.45) is 0 Å². The van der Waals surface area contributed by atoms with Crippen LogP contribution in [0.25, 0.3) is 6.08 Å². The second-order valence-electron chi connectivity index (χ2n) is 8.49. The molecule has 33 heavy (non-hydrogen) atoms. The first-order valence-electron chi connectivity index (χ1n) is 11.1. The molecule has 1 atom stereocenters. The normalized spacial score (nSPS) is 22.0. The van der Waals surface area contributed by atoms with E-state index in [0.717, 1.165) is 37.7 Å². The zero-order valence-corrected chi connectivity index (χ0v) is 18.7. The fourth-order valence-corrected chi connectivity index (χ4v) is 4.10. The van der Waals surface area contributed by atoms with Gasteiger partial charge in [0.05, 0.1) is 6.54 Å². The van der Waals surface area contributed by atoms with Crippen molar-refractivity contribution in [2.45, 2.75) is 12.5 Å². The van der Waals surface area contributed by atoms with Crippen LogP contribution in [0.5, 0.6) is 0 Å². The Hall–Kier alpha value is -3.49. The highest BCUT2D eigenvalue weighted by Crippen LogP contribution is 2.27. The Balaban J connectivity index is 1.24. The first-order chi connectivity index (χ1) is 16.0. The second-order valence-corrected chi connectivity index (χ2v) is 8.49. The Morgan fingerprint density at radius 1 is 0.970 bits per heavy atom. The van der Waals surface area contributed by atoms with Gasteiger partial charge in [-0.25, -0.2) is 4.79 Å². The molecule has 2 aromatic rings. The molecule has 2 aliphatic rings. The van der Waals surface area contributed by atoms with Crippen LogP contribution in [0.4, 0.5) is 4.79 Å². The predicted octanol–water partition coefficient (Wildman–Crippen LogP) is 1.82.